The van der Waals surface area contributed by atoms with Crippen LogP contribution in [-0.4, -0.2) is 5.29 Å². The van der Waals surface area contributed by atoms with E-state index in [1.165, 1.54) is 15.9 Å². The molecular formula is C28H18N3P. The van der Waals surface area contributed by atoms with Gasteiger partial charge in [0, 0.05) is 0 Å². The van der Waals surface area contributed by atoms with Gasteiger partial charge in [0.25, 0.3) is 0 Å². The van der Waals surface area contributed by atoms with E-state index in [1.54, 1.807) is 0 Å². The van der Waals surface area contributed by atoms with Gasteiger partial charge in [-0.3, -0.25) is 0 Å². The minimum atomic E-state index is -2.28. The number of hydrogen-bond donors (Lipinski definition) is 0. The van der Waals surface area contributed by atoms with Gasteiger partial charge in [-0.25, -0.2) is 0 Å². The van der Waals surface area contributed by atoms with Crippen LogP contribution in [0.5, 0.6) is 0 Å². The van der Waals surface area contributed by atoms with E-state index in [-0.39, 0.29) is 11.1 Å². The van der Waals surface area contributed by atoms with Crippen molar-refractivity contribution in [2.75, 3.05) is 0 Å². The highest BCUT2D eigenvalue weighted by Crippen LogP contribution is 2.48. The van der Waals surface area contributed by atoms with Crippen molar-refractivity contribution in [2.45, 2.75) is 0 Å². The molecule has 0 aromatic heterocycles. The molecule has 1 aliphatic carbocycles. The Labute approximate surface area is 188 Å². The Kier molecular flexibility index (Phi) is 6.01. The molecule has 0 saturated carbocycles. The van der Waals surface area contributed by atoms with Crippen molar-refractivity contribution in [3.8, 4) is 18.2 Å². The molecule has 1 aliphatic rings. The third-order valence-electron chi connectivity index (χ3n) is 5.43. The molecule has 0 amide bonds. The third-order valence-corrected chi connectivity index (χ3v) is 9.70. The zero-order valence-corrected chi connectivity index (χ0v) is 18.1. The Hall–Kier alpha value is -4.35. The van der Waals surface area contributed by atoms with Crippen molar-refractivity contribution in [2.24, 2.45) is 0 Å². The highest BCUT2D eigenvalue weighted by atomic mass is 31.2. The second-order valence-electron chi connectivity index (χ2n) is 7.12. The molecule has 0 fully saturated rings. The first-order valence-electron chi connectivity index (χ1n) is 10.0. The van der Waals surface area contributed by atoms with Crippen molar-refractivity contribution in [3.05, 3.63) is 126 Å². The fourth-order valence-corrected chi connectivity index (χ4v) is 8.32. The summed E-state index contributed by atoms with van der Waals surface area (Å²) in [6.07, 6.45) is 5.83. The van der Waals surface area contributed by atoms with Gasteiger partial charge in [0.05, 0.1) is 5.57 Å². The van der Waals surface area contributed by atoms with Gasteiger partial charge in [-0.15, -0.1) is 0 Å². The SMILES string of the molecule is N#CC(C#N)=C(C#N)C1=CC(=P(c2ccccc2)(c2ccccc2)c2ccccc2)C=C1. The maximum absolute atomic E-state index is 9.67. The molecule has 0 bridgehead atoms. The lowest BCUT2D eigenvalue weighted by Crippen LogP contribution is -2.29. The predicted molar refractivity (Wildman–Crippen MR) is 131 cm³/mol. The van der Waals surface area contributed by atoms with Crippen LogP contribution in [0, 0.1) is 34.0 Å². The highest BCUT2D eigenvalue weighted by Gasteiger charge is 2.29. The molecule has 0 unspecified atom stereocenters. The molecule has 4 rings (SSSR count). The first-order chi connectivity index (χ1) is 15.7. The van der Waals surface area contributed by atoms with Crippen LogP contribution in [0.3, 0.4) is 0 Å². The van der Waals surface area contributed by atoms with Crippen LogP contribution in [0.15, 0.2) is 126 Å². The van der Waals surface area contributed by atoms with Gasteiger partial charge in [0.1, 0.15) is 23.8 Å². The van der Waals surface area contributed by atoms with E-state index in [4.69, 9.17) is 0 Å². The summed E-state index contributed by atoms with van der Waals surface area (Å²) in [4.78, 5) is 0. The minimum Gasteiger partial charge on any atom is -0.192 e. The lowest BCUT2D eigenvalue weighted by molar-refractivity contribution is 1.40. The molecule has 0 aliphatic heterocycles. The molecule has 32 heavy (non-hydrogen) atoms. The molecular weight excluding hydrogens is 409 g/mol. The van der Waals surface area contributed by atoms with E-state index in [1.807, 2.05) is 85.0 Å². The van der Waals surface area contributed by atoms with Crippen molar-refractivity contribution in [1.82, 2.24) is 0 Å². The molecule has 3 nitrogen and oxygen atoms in total. The van der Waals surface area contributed by atoms with E-state index >= 15 is 0 Å². The molecule has 0 saturated heterocycles. The summed E-state index contributed by atoms with van der Waals surface area (Å²) in [6, 6.07) is 36.9. The fraction of sp³-hybridized carbons (Fsp3) is 0. The van der Waals surface area contributed by atoms with Crippen molar-refractivity contribution in [3.63, 3.8) is 0 Å². The monoisotopic (exact) mass is 427 g/mol. The van der Waals surface area contributed by atoms with E-state index in [0.717, 1.165) is 5.29 Å². The Balaban J connectivity index is 2.17. The zero-order chi connectivity index (χ0) is 22.4. The summed E-state index contributed by atoms with van der Waals surface area (Å²) < 4.78 is 0. The maximum atomic E-state index is 9.67. The molecule has 0 radical (unpaired) electrons. The standard InChI is InChI=1S/C28H18N3P/c29-19-23(20-30)28(21-31)22-16-17-27(18-22)32(24-10-4-1-5-11-24,25-12-6-2-7-13-25)26-14-8-3-9-15-26/h1-18H. The zero-order valence-electron chi connectivity index (χ0n) is 17.2. The van der Waals surface area contributed by atoms with Crippen molar-refractivity contribution in [1.29, 1.82) is 15.8 Å². The normalized spacial score (nSPS) is 12.3. The van der Waals surface area contributed by atoms with Crippen LogP contribution in [0.2, 0.25) is 0 Å². The van der Waals surface area contributed by atoms with Crippen LogP contribution in [0.25, 0.3) is 0 Å². The summed E-state index contributed by atoms with van der Waals surface area (Å²) >= 11 is 0. The highest BCUT2D eigenvalue weighted by molar-refractivity contribution is 7.95. The maximum Gasteiger partial charge on any atom is 0.148 e. The van der Waals surface area contributed by atoms with Crippen LogP contribution < -0.4 is 15.9 Å². The molecule has 3 aromatic rings. The molecule has 4 heteroatoms. The van der Waals surface area contributed by atoms with E-state index in [2.05, 4.69) is 42.5 Å². The Bertz CT molecular complexity index is 1300. The largest absolute Gasteiger partial charge is 0.192 e. The Morgan fingerprint density at radius 2 is 1.00 bits per heavy atom. The molecule has 150 valence electrons. The summed E-state index contributed by atoms with van der Waals surface area (Å²) in [7, 11) is 0. The van der Waals surface area contributed by atoms with Gasteiger partial charge < -0.3 is 0 Å². The van der Waals surface area contributed by atoms with Crippen LogP contribution in [0.1, 0.15) is 0 Å². The molecule has 0 N–H and O–H groups in total. The second-order valence-corrected chi connectivity index (χ2v) is 10.5. The first kappa shape index (κ1) is 20.9. The Morgan fingerprint density at radius 1 is 0.562 bits per heavy atom. The molecule has 0 heterocycles. The topological polar surface area (TPSA) is 71.4 Å². The van der Waals surface area contributed by atoms with Crippen LogP contribution in [-0.2, 0) is 0 Å². The van der Waals surface area contributed by atoms with E-state index in [9.17, 15) is 15.8 Å². The third kappa shape index (κ3) is 3.51. The Morgan fingerprint density at radius 3 is 1.38 bits per heavy atom. The van der Waals surface area contributed by atoms with Crippen LogP contribution >= 0.6 is 6.89 Å². The number of allylic oxidation sites excluding steroid dienone is 6. The lowest BCUT2D eigenvalue weighted by atomic mass is 10.0. The van der Waals surface area contributed by atoms with Crippen molar-refractivity contribution >= 4 is 28.1 Å². The summed E-state index contributed by atoms with van der Waals surface area (Å²) in [5, 5.41) is 33.0. The van der Waals surface area contributed by atoms with E-state index in [0.29, 0.717) is 5.57 Å². The number of benzene rings is 3. The summed E-state index contributed by atoms with van der Waals surface area (Å²) in [5.41, 5.74) is 0.522. The smallest absolute Gasteiger partial charge is 0.148 e. The lowest BCUT2D eigenvalue weighted by Gasteiger charge is -2.30. The van der Waals surface area contributed by atoms with Gasteiger partial charge in [-0.2, -0.15) is 15.8 Å². The predicted octanol–water partition coefficient (Wildman–Crippen LogP) is 4.52. The number of nitrogens with zero attached hydrogens (tertiary/aromatic N) is 3. The molecule has 0 spiro atoms. The summed E-state index contributed by atoms with van der Waals surface area (Å²) in [5.74, 6) is 0. The van der Waals surface area contributed by atoms with Gasteiger partial charge >= 0.3 is 0 Å². The van der Waals surface area contributed by atoms with Crippen LogP contribution in [0.4, 0.5) is 0 Å². The minimum absolute atomic E-state index is 0.105. The average Bonchev–Trinajstić information content (AvgIpc) is 3.35. The summed E-state index contributed by atoms with van der Waals surface area (Å²) in [6.45, 7) is -2.28. The number of hydrogen-bond acceptors (Lipinski definition) is 3. The fourth-order valence-electron chi connectivity index (χ4n) is 4.05. The van der Waals surface area contributed by atoms with Crippen molar-refractivity contribution < 1.29 is 0 Å². The number of nitriles is 3. The van der Waals surface area contributed by atoms with Gasteiger partial charge in [0.2, 0.25) is 0 Å². The average molecular weight is 427 g/mol. The first-order valence-corrected chi connectivity index (χ1v) is 11.8. The second kappa shape index (κ2) is 9.20. The van der Waals surface area contributed by atoms with Gasteiger partial charge in [-0.05, 0) is 39.7 Å². The number of rotatable bonds is 4. The molecule has 0 atom stereocenters. The van der Waals surface area contributed by atoms with Gasteiger partial charge in [-0.1, -0.05) is 103 Å². The molecule has 3 aromatic carbocycles. The van der Waals surface area contributed by atoms with E-state index < -0.39 is 6.89 Å². The quantitative estimate of drug-likeness (QED) is 0.454. The van der Waals surface area contributed by atoms with Gasteiger partial charge in [0.15, 0.2) is 0 Å².